The van der Waals surface area contributed by atoms with E-state index >= 15 is 0 Å². The number of imidazole rings is 1. The molecule has 0 radical (unpaired) electrons. The van der Waals surface area contributed by atoms with Crippen molar-refractivity contribution in [1.82, 2.24) is 14.4 Å². The van der Waals surface area contributed by atoms with Crippen molar-refractivity contribution in [3.05, 3.63) is 72.1 Å². The molecule has 0 saturated carbocycles. The summed E-state index contributed by atoms with van der Waals surface area (Å²) >= 11 is 0. The van der Waals surface area contributed by atoms with Gasteiger partial charge in [0.05, 0.1) is 31.2 Å². The van der Waals surface area contributed by atoms with Crippen LogP contribution in [0.25, 0.3) is 23.0 Å². The Morgan fingerprint density at radius 1 is 1.03 bits per heavy atom. The highest BCUT2D eigenvalue weighted by atomic mass is 16.6. The zero-order chi connectivity index (χ0) is 27.4. The van der Waals surface area contributed by atoms with Crippen LogP contribution in [0.1, 0.15) is 36.7 Å². The maximum Gasteiger partial charge on any atom is 0.331 e. The van der Waals surface area contributed by atoms with E-state index in [2.05, 4.69) is 10.3 Å². The normalized spacial score (nSPS) is 11.5. The third-order valence-electron chi connectivity index (χ3n) is 5.44. The maximum atomic E-state index is 12.3. The zero-order valence-corrected chi connectivity index (χ0v) is 21.8. The summed E-state index contributed by atoms with van der Waals surface area (Å²) in [6, 6.07) is 12.4. The van der Waals surface area contributed by atoms with Crippen molar-refractivity contribution in [3.63, 3.8) is 0 Å². The van der Waals surface area contributed by atoms with E-state index in [9.17, 15) is 9.59 Å². The van der Waals surface area contributed by atoms with E-state index in [0.717, 1.165) is 5.56 Å². The predicted molar refractivity (Wildman–Crippen MR) is 145 cm³/mol. The standard InChI is InChI=1S/C28H29N5O5/c1-28(2,3)38-25(34)11-7-17-6-9-20(19(14-17)26(29)35)31-27-32-21(16-24-30-12-13-33(24)27)18-8-10-22(36-4)23(15-18)37-5/h6-16H,1-5H3,(H2,29,35)(H,31,32)/b11-7+. The Kier molecular flexibility index (Phi) is 7.33. The van der Waals surface area contributed by atoms with Gasteiger partial charge in [-0.3, -0.25) is 9.20 Å². The average Bonchev–Trinajstić information content (AvgIpc) is 3.35. The average molecular weight is 516 g/mol. The molecule has 10 heteroatoms. The van der Waals surface area contributed by atoms with Crippen molar-refractivity contribution in [3.8, 4) is 22.8 Å². The van der Waals surface area contributed by atoms with Crippen molar-refractivity contribution in [1.29, 1.82) is 0 Å². The van der Waals surface area contributed by atoms with E-state index in [0.29, 0.717) is 40.0 Å². The molecule has 0 aliphatic heterocycles. The number of primary amides is 1. The number of ether oxygens (including phenoxy) is 3. The molecule has 10 nitrogen and oxygen atoms in total. The summed E-state index contributed by atoms with van der Waals surface area (Å²) in [5, 5.41) is 3.21. The van der Waals surface area contributed by atoms with Crippen LogP contribution in [0.3, 0.4) is 0 Å². The number of fused-ring (bicyclic) bond motifs is 1. The monoisotopic (exact) mass is 515 g/mol. The van der Waals surface area contributed by atoms with E-state index in [-0.39, 0.29) is 5.56 Å². The van der Waals surface area contributed by atoms with Gasteiger partial charge in [0, 0.05) is 30.1 Å². The lowest BCUT2D eigenvalue weighted by atomic mass is 10.1. The van der Waals surface area contributed by atoms with Crippen molar-refractivity contribution in [2.75, 3.05) is 19.5 Å². The predicted octanol–water partition coefficient (Wildman–Crippen LogP) is 4.61. The third-order valence-corrected chi connectivity index (χ3v) is 5.44. The number of carbonyl (C=O) groups is 2. The molecule has 196 valence electrons. The smallest absolute Gasteiger partial charge is 0.331 e. The highest BCUT2D eigenvalue weighted by Gasteiger charge is 2.16. The molecule has 3 N–H and O–H groups in total. The van der Waals surface area contributed by atoms with Crippen molar-refractivity contribution in [2.24, 2.45) is 5.73 Å². The van der Waals surface area contributed by atoms with Crippen LogP contribution in [-0.4, -0.2) is 46.1 Å². The molecule has 0 spiro atoms. The number of anilines is 2. The van der Waals surface area contributed by atoms with Gasteiger partial charge in [0.25, 0.3) is 5.91 Å². The molecular weight excluding hydrogens is 486 g/mol. The Bertz CT molecular complexity index is 1530. The van der Waals surface area contributed by atoms with Crippen LogP contribution in [-0.2, 0) is 9.53 Å². The first-order valence-electron chi connectivity index (χ1n) is 11.8. The molecule has 2 heterocycles. The van der Waals surface area contributed by atoms with E-state index < -0.39 is 17.5 Å². The molecular formula is C28H29N5O5. The van der Waals surface area contributed by atoms with Gasteiger partial charge in [-0.15, -0.1) is 0 Å². The third kappa shape index (κ3) is 5.92. The lowest BCUT2D eigenvalue weighted by Gasteiger charge is -2.17. The molecule has 0 aliphatic rings. The summed E-state index contributed by atoms with van der Waals surface area (Å²) in [6.07, 6.45) is 6.28. The van der Waals surface area contributed by atoms with E-state index in [1.54, 1.807) is 82.1 Å². The molecule has 0 atom stereocenters. The van der Waals surface area contributed by atoms with Crippen LogP contribution < -0.4 is 20.5 Å². The number of methoxy groups -OCH3 is 2. The SMILES string of the molecule is COc1ccc(-c2cc3nccn3c(Nc3ccc(/C=C/C(=O)OC(C)(C)C)cc3C(N)=O)n2)cc1OC. The quantitative estimate of drug-likeness (QED) is 0.257. The van der Waals surface area contributed by atoms with Gasteiger partial charge in [-0.05, 0) is 62.7 Å². The number of nitrogens with two attached hydrogens (primary N) is 1. The van der Waals surface area contributed by atoms with Crippen LogP contribution in [0, 0.1) is 0 Å². The first-order valence-corrected chi connectivity index (χ1v) is 11.8. The number of aromatic nitrogens is 3. The number of carbonyl (C=O) groups excluding carboxylic acids is 2. The summed E-state index contributed by atoms with van der Waals surface area (Å²) < 4.78 is 17.8. The number of rotatable bonds is 8. The number of nitrogens with zero attached hydrogens (tertiary/aromatic N) is 3. The van der Waals surface area contributed by atoms with Crippen LogP contribution in [0.2, 0.25) is 0 Å². The Labute approximate surface area is 220 Å². The summed E-state index contributed by atoms with van der Waals surface area (Å²) in [4.78, 5) is 33.5. The molecule has 0 fully saturated rings. The Morgan fingerprint density at radius 2 is 1.79 bits per heavy atom. The van der Waals surface area contributed by atoms with Gasteiger partial charge >= 0.3 is 5.97 Å². The van der Waals surface area contributed by atoms with E-state index in [1.165, 1.54) is 6.08 Å². The van der Waals surface area contributed by atoms with Crippen molar-refractivity contribution in [2.45, 2.75) is 26.4 Å². The highest BCUT2D eigenvalue weighted by molar-refractivity contribution is 6.00. The van der Waals surface area contributed by atoms with Gasteiger partial charge in [0.2, 0.25) is 5.95 Å². The Balaban J connectivity index is 1.69. The fourth-order valence-electron chi connectivity index (χ4n) is 3.75. The molecule has 2 aromatic heterocycles. The topological polar surface area (TPSA) is 130 Å². The highest BCUT2D eigenvalue weighted by Crippen LogP contribution is 2.33. The molecule has 0 aliphatic carbocycles. The number of hydrogen-bond acceptors (Lipinski definition) is 8. The van der Waals surface area contributed by atoms with Gasteiger partial charge in [0.15, 0.2) is 11.5 Å². The van der Waals surface area contributed by atoms with Gasteiger partial charge in [0.1, 0.15) is 11.2 Å². The van der Waals surface area contributed by atoms with Crippen LogP contribution in [0.4, 0.5) is 11.6 Å². The van der Waals surface area contributed by atoms with Gasteiger partial charge in [-0.25, -0.2) is 14.8 Å². The Hall–Kier alpha value is -4.86. The summed E-state index contributed by atoms with van der Waals surface area (Å²) in [7, 11) is 3.14. The van der Waals surface area contributed by atoms with Gasteiger partial charge in [-0.1, -0.05) is 6.07 Å². The molecule has 1 amide bonds. The molecule has 2 aromatic carbocycles. The number of hydrogen-bond donors (Lipinski definition) is 2. The number of nitrogens with one attached hydrogen (secondary N) is 1. The Morgan fingerprint density at radius 3 is 2.47 bits per heavy atom. The summed E-state index contributed by atoms with van der Waals surface area (Å²) in [5.74, 6) is 0.459. The number of amides is 1. The van der Waals surface area contributed by atoms with Crippen LogP contribution in [0.15, 0.2) is 60.9 Å². The lowest BCUT2D eigenvalue weighted by Crippen LogP contribution is -2.22. The lowest BCUT2D eigenvalue weighted by molar-refractivity contribution is -0.148. The molecule has 0 unspecified atom stereocenters. The number of esters is 1. The molecule has 38 heavy (non-hydrogen) atoms. The minimum atomic E-state index is -0.641. The molecule has 0 bridgehead atoms. The zero-order valence-electron chi connectivity index (χ0n) is 21.8. The minimum Gasteiger partial charge on any atom is -0.493 e. The minimum absolute atomic E-state index is 0.225. The summed E-state index contributed by atoms with van der Waals surface area (Å²) in [5.41, 5.74) is 8.42. The fraction of sp³-hybridized carbons (Fsp3) is 0.214. The first-order chi connectivity index (χ1) is 18.1. The first kappa shape index (κ1) is 26.2. The number of benzene rings is 2. The molecule has 4 rings (SSSR count). The second kappa shape index (κ2) is 10.6. The van der Waals surface area contributed by atoms with Crippen molar-refractivity contribution < 1.29 is 23.8 Å². The van der Waals surface area contributed by atoms with E-state index in [1.807, 2.05) is 18.2 Å². The van der Waals surface area contributed by atoms with Crippen LogP contribution in [0.5, 0.6) is 11.5 Å². The fourth-order valence-corrected chi connectivity index (χ4v) is 3.75. The van der Waals surface area contributed by atoms with Gasteiger partial charge < -0.3 is 25.3 Å². The van der Waals surface area contributed by atoms with E-state index in [4.69, 9.17) is 24.9 Å². The second-order valence-corrected chi connectivity index (χ2v) is 9.35. The van der Waals surface area contributed by atoms with Crippen molar-refractivity contribution >= 4 is 35.2 Å². The molecule has 0 saturated heterocycles. The molecule has 4 aromatic rings. The maximum absolute atomic E-state index is 12.3. The summed E-state index contributed by atoms with van der Waals surface area (Å²) in [6.45, 7) is 5.36. The second-order valence-electron chi connectivity index (χ2n) is 9.35. The van der Waals surface area contributed by atoms with Gasteiger partial charge in [-0.2, -0.15) is 0 Å². The van der Waals surface area contributed by atoms with Crippen LogP contribution >= 0.6 is 0 Å². The largest absolute Gasteiger partial charge is 0.493 e.